The summed E-state index contributed by atoms with van der Waals surface area (Å²) < 4.78 is 26.8. The molecule has 0 amide bonds. The van der Waals surface area contributed by atoms with Gasteiger partial charge >= 0.3 is 5.97 Å². The maximum atomic E-state index is 12.1. The minimum absolute atomic E-state index is 0.168. The van der Waals surface area contributed by atoms with Gasteiger partial charge in [0.15, 0.2) is 0 Å². The Hall–Kier alpha value is -1.40. The molecule has 1 aliphatic carbocycles. The highest BCUT2D eigenvalue weighted by molar-refractivity contribution is 7.89. The highest BCUT2D eigenvalue weighted by atomic mass is 32.2. The second-order valence-electron chi connectivity index (χ2n) is 4.62. The SMILES string of the molecule is O=C(O)CC1(NS(=O)(=O)c2ccccc2)CCC1. The van der Waals surface area contributed by atoms with E-state index < -0.39 is 21.5 Å². The van der Waals surface area contributed by atoms with Crippen LogP contribution in [0.25, 0.3) is 0 Å². The van der Waals surface area contributed by atoms with Gasteiger partial charge < -0.3 is 5.11 Å². The molecule has 2 N–H and O–H groups in total. The Morgan fingerprint density at radius 1 is 1.28 bits per heavy atom. The molecule has 0 spiro atoms. The van der Waals surface area contributed by atoms with Crippen molar-refractivity contribution in [3.8, 4) is 0 Å². The molecule has 6 heteroatoms. The van der Waals surface area contributed by atoms with Gasteiger partial charge in [-0.25, -0.2) is 13.1 Å². The van der Waals surface area contributed by atoms with E-state index in [2.05, 4.69) is 4.72 Å². The summed E-state index contributed by atoms with van der Waals surface area (Å²) in [6.07, 6.45) is 1.83. The van der Waals surface area contributed by atoms with Crippen LogP contribution < -0.4 is 4.72 Å². The number of benzene rings is 1. The Morgan fingerprint density at radius 2 is 1.89 bits per heavy atom. The smallest absolute Gasteiger partial charge is 0.305 e. The molecular formula is C12H15NO4S. The summed E-state index contributed by atoms with van der Waals surface area (Å²) in [6, 6.07) is 8.00. The average Bonchev–Trinajstić information content (AvgIpc) is 2.26. The molecule has 0 aliphatic heterocycles. The van der Waals surface area contributed by atoms with Crippen molar-refractivity contribution < 1.29 is 18.3 Å². The topological polar surface area (TPSA) is 83.5 Å². The lowest BCUT2D eigenvalue weighted by Gasteiger charge is -2.40. The molecule has 0 saturated heterocycles. The quantitative estimate of drug-likeness (QED) is 0.845. The minimum atomic E-state index is -3.64. The molecule has 5 nitrogen and oxygen atoms in total. The number of hydrogen-bond donors (Lipinski definition) is 2. The first-order chi connectivity index (χ1) is 8.44. The Morgan fingerprint density at radius 3 is 2.33 bits per heavy atom. The molecule has 0 bridgehead atoms. The lowest BCUT2D eigenvalue weighted by molar-refractivity contribution is -0.139. The van der Waals surface area contributed by atoms with Crippen molar-refractivity contribution in [3.63, 3.8) is 0 Å². The monoisotopic (exact) mass is 269 g/mol. The maximum absolute atomic E-state index is 12.1. The number of carboxylic acid groups (broad SMARTS) is 1. The van der Waals surface area contributed by atoms with Crippen molar-refractivity contribution in [2.75, 3.05) is 0 Å². The fraction of sp³-hybridized carbons (Fsp3) is 0.417. The average molecular weight is 269 g/mol. The van der Waals surface area contributed by atoms with Crippen molar-refractivity contribution in [3.05, 3.63) is 30.3 Å². The van der Waals surface area contributed by atoms with E-state index >= 15 is 0 Å². The van der Waals surface area contributed by atoms with Crippen LogP contribution in [0, 0.1) is 0 Å². The van der Waals surface area contributed by atoms with Crippen molar-refractivity contribution in [2.24, 2.45) is 0 Å². The van der Waals surface area contributed by atoms with E-state index in [1.54, 1.807) is 18.2 Å². The first-order valence-corrected chi connectivity index (χ1v) is 7.23. The van der Waals surface area contributed by atoms with Gasteiger partial charge in [-0.15, -0.1) is 0 Å². The van der Waals surface area contributed by atoms with Crippen LogP contribution in [-0.4, -0.2) is 25.0 Å². The second kappa shape index (κ2) is 4.70. The molecule has 0 aromatic heterocycles. The van der Waals surface area contributed by atoms with Gasteiger partial charge in [0.1, 0.15) is 0 Å². The predicted molar refractivity (Wildman–Crippen MR) is 65.6 cm³/mol. The summed E-state index contributed by atoms with van der Waals surface area (Å²) in [5.74, 6) is -0.981. The van der Waals surface area contributed by atoms with Crippen molar-refractivity contribution in [2.45, 2.75) is 36.1 Å². The standard InChI is InChI=1S/C12H15NO4S/c14-11(15)9-12(7-4-8-12)13-18(16,17)10-5-2-1-3-6-10/h1-3,5-6,13H,4,7-9H2,(H,14,15). The third kappa shape index (κ3) is 2.70. The van der Waals surface area contributed by atoms with Gasteiger partial charge in [0, 0.05) is 5.54 Å². The van der Waals surface area contributed by atoms with Gasteiger partial charge in [-0.2, -0.15) is 0 Å². The fourth-order valence-electron chi connectivity index (χ4n) is 2.15. The van der Waals surface area contributed by atoms with Gasteiger partial charge in [0.25, 0.3) is 0 Å². The Kier molecular flexibility index (Phi) is 3.41. The molecule has 0 heterocycles. The van der Waals surface area contributed by atoms with E-state index in [4.69, 9.17) is 5.11 Å². The molecule has 18 heavy (non-hydrogen) atoms. The number of carboxylic acids is 1. The van der Waals surface area contributed by atoms with Gasteiger partial charge in [0.05, 0.1) is 11.3 Å². The Labute approximate surface area is 106 Å². The van der Waals surface area contributed by atoms with Gasteiger partial charge in [0.2, 0.25) is 10.0 Å². The number of hydrogen-bond acceptors (Lipinski definition) is 3. The molecule has 1 aromatic rings. The van der Waals surface area contributed by atoms with Crippen LogP contribution in [0.4, 0.5) is 0 Å². The summed E-state index contributed by atoms with van der Waals surface area (Å²) in [5, 5.41) is 8.85. The summed E-state index contributed by atoms with van der Waals surface area (Å²) >= 11 is 0. The van der Waals surface area contributed by atoms with Gasteiger partial charge in [-0.1, -0.05) is 18.2 Å². The molecule has 1 fully saturated rings. The predicted octanol–water partition coefficient (Wildman–Crippen LogP) is 1.36. The number of aliphatic carboxylic acids is 1. The van der Waals surface area contributed by atoms with Gasteiger partial charge in [-0.3, -0.25) is 4.79 Å². The zero-order chi connectivity index (χ0) is 13.2. The van der Waals surface area contributed by atoms with E-state index in [0.29, 0.717) is 12.8 Å². The van der Waals surface area contributed by atoms with Crippen molar-refractivity contribution in [1.82, 2.24) is 4.72 Å². The van der Waals surface area contributed by atoms with E-state index in [1.807, 2.05) is 0 Å². The van der Waals surface area contributed by atoms with Crippen LogP contribution in [0.3, 0.4) is 0 Å². The zero-order valence-corrected chi connectivity index (χ0v) is 10.6. The minimum Gasteiger partial charge on any atom is -0.481 e. The Balaban J connectivity index is 2.20. The van der Waals surface area contributed by atoms with E-state index in [9.17, 15) is 13.2 Å². The van der Waals surface area contributed by atoms with Crippen molar-refractivity contribution in [1.29, 1.82) is 0 Å². The van der Waals surface area contributed by atoms with E-state index in [0.717, 1.165) is 6.42 Å². The Bertz CT molecular complexity index is 534. The number of sulfonamides is 1. The largest absolute Gasteiger partial charge is 0.481 e. The number of rotatable bonds is 5. The highest BCUT2D eigenvalue weighted by Gasteiger charge is 2.42. The molecule has 98 valence electrons. The van der Waals surface area contributed by atoms with E-state index in [1.165, 1.54) is 12.1 Å². The summed E-state index contributed by atoms with van der Waals surface area (Å²) in [6.45, 7) is 0. The molecule has 1 saturated carbocycles. The van der Waals surface area contributed by atoms with Crippen LogP contribution >= 0.6 is 0 Å². The second-order valence-corrected chi connectivity index (χ2v) is 6.31. The lowest BCUT2D eigenvalue weighted by atomic mass is 9.75. The molecule has 2 rings (SSSR count). The van der Waals surface area contributed by atoms with Crippen LogP contribution in [0.1, 0.15) is 25.7 Å². The van der Waals surface area contributed by atoms with Crippen molar-refractivity contribution >= 4 is 16.0 Å². The van der Waals surface area contributed by atoms with Crippen LogP contribution in [0.5, 0.6) is 0 Å². The number of carbonyl (C=O) groups is 1. The molecule has 0 atom stereocenters. The first-order valence-electron chi connectivity index (χ1n) is 5.74. The lowest BCUT2D eigenvalue weighted by Crippen LogP contribution is -2.54. The van der Waals surface area contributed by atoms with E-state index in [-0.39, 0.29) is 11.3 Å². The van der Waals surface area contributed by atoms with Crippen LogP contribution in [-0.2, 0) is 14.8 Å². The summed E-state index contributed by atoms with van der Waals surface area (Å²) in [4.78, 5) is 11.0. The third-order valence-electron chi connectivity index (χ3n) is 3.20. The summed E-state index contributed by atoms with van der Waals surface area (Å²) in [5.41, 5.74) is -0.805. The normalized spacial score (nSPS) is 18.0. The highest BCUT2D eigenvalue weighted by Crippen LogP contribution is 2.36. The zero-order valence-electron chi connectivity index (χ0n) is 9.80. The molecule has 1 aromatic carbocycles. The maximum Gasteiger partial charge on any atom is 0.305 e. The molecule has 0 radical (unpaired) electrons. The fourth-order valence-corrected chi connectivity index (χ4v) is 3.63. The van der Waals surface area contributed by atoms with Gasteiger partial charge in [-0.05, 0) is 31.4 Å². The van der Waals surface area contributed by atoms with Crippen LogP contribution in [0.15, 0.2) is 35.2 Å². The first kappa shape index (κ1) is 13.0. The number of nitrogens with one attached hydrogen (secondary N) is 1. The third-order valence-corrected chi connectivity index (χ3v) is 4.80. The molecular weight excluding hydrogens is 254 g/mol. The molecule has 1 aliphatic rings. The van der Waals surface area contributed by atoms with Crippen LogP contribution in [0.2, 0.25) is 0 Å². The summed E-state index contributed by atoms with van der Waals surface area (Å²) in [7, 11) is -3.64. The molecule has 0 unspecified atom stereocenters.